The highest BCUT2D eigenvalue weighted by molar-refractivity contribution is 7.09. The average Bonchev–Trinajstić information content (AvgIpc) is 2.90. The molecule has 0 aliphatic heterocycles. The van der Waals surface area contributed by atoms with E-state index < -0.39 is 0 Å². The van der Waals surface area contributed by atoms with E-state index in [-0.39, 0.29) is 18.3 Å². The molecule has 0 aliphatic carbocycles. The van der Waals surface area contributed by atoms with E-state index in [0.29, 0.717) is 24.6 Å². The van der Waals surface area contributed by atoms with E-state index in [2.05, 4.69) is 24.1 Å². The molecule has 2 rings (SSSR count). The summed E-state index contributed by atoms with van der Waals surface area (Å²) in [6.07, 6.45) is 0.708. The van der Waals surface area contributed by atoms with E-state index in [1.807, 2.05) is 25.1 Å². The van der Waals surface area contributed by atoms with Crippen molar-refractivity contribution in [1.82, 2.24) is 4.98 Å². The van der Waals surface area contributed by atoms with Crippen molar-refractivity contribution in [3.63, 3.8) is 0 Å². The van der Waals surface area contributed by atoms with Crippen LogP contribution in [0, 0.1) is 6.92 Å². The topological polar surface area (TPSA) is 68.0 Å². The van der Waals surface area contributed by atoms with Gasteiger partial charge in [-0.3, -0.25) is 4.79 Å². The Kier molecular flexibility index (Phi) is 7.00. The summed E-state index contributed by atoms with van der Waals surface area (Å²) >= 11 is 1.48. The van der Waals surface area contributed by atoms with E-state index in [0.717, 1.165) is 21.8 Å². The SMILES string of the molecule is Cc1cccc(C(C)C)c1NC(=O)c1csc(CCN)n1.Cl. The molecule has 0 aliphatic rings. The van der Waals surface area contributed by atoms with E-state index in [4.69, 9.17) is 5.73 Å². The highest BCUT2D eigenvalue weighted by Gasteiger charge is 2.15. The maximum atomic E-state index is 12.4. The predicted octanol–water partition coefficient (Wildman–Crippen LogP) is 3.75. The quantitative estimate of drug-likeness (QED) is 0.871. The Balaban J connectivity index is 0.00000242. The van der Waals surface area contributed by atoms with Crippen LogP contribution in [0.3, 0.4) is 0 Å². The summed E-state index contributed by atoms with van der Waals surface area (Å²) in [7, 11) is 0. The molecule has 0 unspecified atom stereocenters. The van der Waals surface area contributed by atoms with Crippen LogP contribution in [0.2, 0.25) is 0 Å². The van der Waals surface area contributed by atoms with Gasteiger partial charge in [-0.1, -0.05) is 32.0 Å². The molecular weight excluding hydrogens is 318 g/mol. The number of hydrogen-bond acceptors (Lipinski definition) is 4. The highest BCUT2D eigenvalue weighted by atomic mass is 35.5. The second-order valence-corrected chi connectivity index (χ2v) is 6.26. The summed E-state index contributed by atoms with van der Waals surface area (Å²) in [6.45, 7) is 6.78. The van der Waals surface area contributed by atoms with Crippen molar-refractivity contribution >= 4 is 35.3 Å². The first kappa shape index (κ1) is 18.6. The standard InChI is InChI=1S/C16H21N3OS.ClH/c1-10(2)12-6-4-5-11(3)15(12)19-16(20)13-9-21-14(18-13)7-8-17;/h4-6,9-10H,7-8,17H2,1-3H3,(H,19,20);1H. The lowest BCUT2D eigenvalue weighted by molar-refractivity contribution is 0.102. The monoisotopic (exact) mass is 339 g/mol. The van der Waals surface area contributed by atoms with Crippen LogP contribution in [0.15, 0.2) is 23.6 Å². The van der Waals surface area contributed by atoms with Crippen molar-refractivity contribution in [3.05, 3.63) is 45.4 Å². The van der Waals surface area contributed by atoms with Gasteiger partial charge in [-0.15, -0.1) is 23.7 Å². The minimum absolute atomic E-state index is 0. The predicted molar refractivity (Wildman–Crippen MR) is 95.3 cm³/mol. The van der Waals surface area contributed by atoms with Gasteiger partial charge in [0.15, 0.2) is 0 Å². The molecule has 1 aromatic carbocycles. The number of para-hydroxylation sites is 1. The van der Waals surface area contributed by atoms with Gasteiger partial charge in [0.1, 0.15) is 5.69 Å². The minimum atomic E-state index is -0.161. The molecule has 1 aromatic heterocycles. The van der Waals surface area contributed by atoms with Crippen molar-refractivity contribution < 1.29 is 4.79 Å². The summed E-state index contributed by atoms with van der Waals surface area (Å²) in [5.74, 6) is 0.189. The number of anilines is 1. The molecular formula is C16H22ClN3OS. The molecule has 4 nitrogen and oxygen atoms in total. The molecule has 0 saturated heterocycles. The van der Waals surface area contributed by atoms with Crippen LogP contribution in [0.25, 0.3) is 0 Å². The zero-order valence-corrected chi connectivity index (χ0v) is 14.7. The van der Waals surface area contributed by atoms with E-state index in [1.165, 1.54) is 11.3 Å². The number of rotatable bonds is 5. The fraction of sp³-hybridized carbons (Fsp3) is 0.375. The molecule has 1 amide bonds. The Morgan fingerprint density at radius 2 is 2.14 bits per heavy atom. The van der Waals surface area contributed by atoms with Crippen LogP contribution in [-0.2, 0) is 6.42 Å². The van der Waals surface area contributed by atoms with E-state index >= 15 is 0 Å². The van der Waals surface area contributed by atoms with Gasteiger partial charge in [-0.05, 0) is 30.5 Å². The Hall–Kier alpha value is -1.43. The number of nitrogens with two attached hydrogens (primary N) is 1. The lowest BCUT2D eigenvalue weighted by Gasteiger charge is -2.15. The fourth-order valence-electron chi connectivity index (χ4n) is 2.17. The Morgan fingerprint density at radius 3 is 2.77 bits per heavy atom. The first-order chi connectivity index (χ1) is 10.0. The van der Waals surface area contributed by atoms with Gasteiger partial charge in [-0.2, -0.15) is 0 Å². The molecule has 0 spiro atoms. The molecule has 0 radical (unpaired) electrons. The van der Waals surface area contributed by atoms with Gasteiger partial charge in [0.2, 0.25) is 0 Å². The van der Waals surface area contributed by atoms with Gasteiger partial charge in [0.05, 0.1) is 5.01 Å². The number of thiazole rings is 1. The van der Waals surface area contributed by atoms with Crippen LogP contribution in [0.5, 0.6) is 0 Å². The zero-order chi connectivity index (χ0) is 15.4. The molecule has 120 valence electrons. The van der Waals surface area contributed by atoms with Crippen LogP contribution in [-0.4, -0.2) is 17.4 Å². The number of nitrogens with one attached hydrogen (secondary N) is 1. The summed E-state index contributed by atoms with van der Waals surface area (Å²) in [5.41, 5.74) is 9.06. The summed E-state index contributed by atoms with van der Waals surface area (Å²) < 4.78 is 0. The molecule has 22 heavy (non-hydrogen) atoms. The van der Waals surface area contributed by atoms with Gasteiger partial charge < -0.3 is 11.1 Å². The number of nitrogens with zero attached hydrogens (tertiary/aromatic N) is 1. The Morgan fingerprint density at radius 1 is 1.41 bits per heavy atom. The van der Waals surface area contributed by atoms with Crippen molar-refractivity contribution in [2.75, 3.05) is 11.9 Å². The average molecular weight is 340 g/mol. The van der Waals surface area contributed by atoms with E-state index in [1.54, 1.807) is 5.38 Å². The largest absolute Gasteiger partial charge is 0.330 e. The number of benzene rings is 1. The lowest BCUT2D eigenvalue weighted by atomic mass is 9.98. The van der Waals surface area contributed by atoms with Crippen LogP contribution in [0.4, 0.5) is 5.69 Å². The zero-order valence-electron chi connectivity index (χ0n) is 13.1. The number of aryl methyl sites for hydroxylation is 1. The maximum absolute atomic E-state index is 12.4. The van der Waals surface area contributed by atoms with Crippen LogP contribution in [0.1, 0.15) is 46.4 Å². The van der Waals surface area contributed by atoms with Gasteiger partial charge >= 0.3 is 0 Å². The second-order valence-electron chi connectivity index (χ2n) is 5.31. The van der Waals surface area contributed by atoms with Gasteiger partial charge in [0.25, 0.3) is 5.91 Å². The lowest BCUT2D eigenvalue weighted by Crippen LogP contribution is -2.15. The molecule has 1 heterocycles. The van der Waals surface area contributed by atoms with Crippen molar-refractivity contribution in [2.24, 2.45) is 5.73 Å². The molecule has 0 atom stereocenters. The smallest absolute Gasteiger partial charge is 0.275 e. The van der Waals surface area contributed by atoms with Crippen LogP contribution < -0.4 is 11.1 Å². The molecule has 3 N–H and O–H groups in total. The van der Waals surface area contributed by atoms with Crippen molar-refractivity contribution in [1.29, 1.82) is 0 Å². The summed E-state index contributed by atoms with van der Waals surface area (Å²) in [4.78, 5) is 16.7. The Bertz CT molecular complexity index is 640. The van der Waals surface area contributed by atoms with Crippen molar-refractivity contribution in [3.8, 4) is 0 Å². The molecule has 0 saturated carbocycles. The summed E-state index contributed by atoms with van der Waals surface area (Å²) in [6, 6.07) is 6.07. The minimum Gasteiger partial charge on any atom is -0.330 e. The molecule has 2 aromatic rings. The third-order valence-corrected chi connectivity index (χ3v) is 4.22. The highest BCUT2D eigenvalue weighted by Crippen LogP contribution is 2.28. The number of halogens is 1. The second kappa shape index (κ2) is 8.27. The summed E-state index contributed by atoms with van der Waals surface area (Å²) in [5, 5.41) is 5.69. The van der Waals surface area contributed by atoms with E-state index in [9.17, 15) is 4.79 Å². The van der Waals surface area contributed by atoms with Gasteiger partial charge in [-0.25, -0.2) is 4.98 Å². The number of carbonyl (C=O) groups excluding carboxylic acids is 1. The fourth-order valence-corrected chi connectivity index (χ4v) is 2.97. The van der Waals surface area contributed by atoms with Crippen molar-refractivity contribution in [2.45, 2.75) is 33.1 Å². The first-order valence-electron chi connectivity index (χ1n) is 7.08. The Labute approximate surface area is 141 Å². The van der Waals surface area contributed by atoms with Crippen LogP contribution >= 0.6 is 23.7 Å². The third kappa shape index (κ3) is 4.29. The maximum Gasteiger partial charge on any atom is 0.275 e. The normalized spacial score (nSPS) is 10.4. The third-order valence-electron chi connectivity index (χ3n) is 3.31. The van der Waals surface area contributed by atoms with Gasteiger partial charge in [0, 0.05) is 17.5 Å². The number of hydrogen-bond donors (Lipinski definition) is 2. The number of amides is 1. The molecule has 0 fully saturated rings. The number of aromatic nitrogens is 1. The molecule has 6 heteroatoms. The first-order valence-corrected chi connectivity index (χ1v) is 7.96. The molecule has 0 bridgehead atoms. The number of carbonyl (C=O) groups is 1.